The lowest BCUT2D eigenvalue weighted by molar-refractivity contribution is 0.990. The number of rotatable bonds is 5. The minimum Gasteiger partial charge on any atom is -0.309 e. The average Bonchev–Trinajstić information content (AvgIpc) is 3.70. The molecular formula is C45H29N5. The number of aromatic nitrogens is 5. The van der Waals surface area contributed by atoms with Crippen LogP contribution in [0, 0.1) is 0 Å². The van der Waals surface area contributed by atoms with Gasteiger partial charge in [0.05, 0.1) is 33.5 Å². The Labute approximate surface area is 288 Å². The molecule has 10 aromatic rings. The number of hydrogen-bond acceptors (Lipinski definition) is 3. The molecule has 0 saturated carbocycles. The van der Waals surface area contributed by atoms with Crippen molar-refractivity contribution >= 4 is 43.6 Å². The fourth-order valence-electron chi connectivity index (χ4n) is 7.31. The van der Waals surface area contributed by atoms with Crippen molar-refractivity contribution < 1.29 is 0 Å². The van der Waals surface area contributed by atoms with Gasteiger partial charge in [-0.25, -0.2) is 15.0 Å². The summed E-state index contributed by atoms with van der Waals surface area (Å²) in [5.41, 5.74) is 11.6. The topological polar surface area (TPSA) is 48.5 Å². The molecule has 234 valence electrons. The molecule has 0 unspecified atom stereocenters. The first-order valence-corrected chi connectivity index (χ1v) is 16.8. The van der Waals surface area contributed by atoms with Crippen molar-refractivity contribution in [1.29, 1.82) is 0 Å². The molecule has 0 aliphatic rings. The summed E-state index contributed by atoms with van der Waals surface area (Å²) in [6.45, 7) is 0. The van der Waals surface area contributed by atoms with Gasteiger partial charge in [-0.1, -0.05) is 109 Å². The molecule has 0 atom stereocenters. The van der Waals surface area contributed by atoms with Crippen molar-refractivity contribution in [2.75, 3.05) is 0 Å². The van der Waals surface area contributed by atoms with Crippen LogP contribution >= 0.6 is 0 Å². The summed E-state index contributed by atoms with van der Waals surface area (Å²) < 4.78 is 4.55. The first kappa shape index (κ1) is 28.2. The van der Waals surface area contributed by atoms with Crippen LogP contribution in [0.3, 0.4) is 0 Å². The fraction of sp³-hybridized carbons (Fsp3) is 0. The predicted molar refractivity (Wildman–Crippen MR) is 205 cm³/mol. The van der Waals surface area contributed by atoms with E-state index in [-0.39, 0.29) is 0 Å². The van der Waals surface area contributed by atoms with E-state index in [1.807, 2.05) is 30.6 Å². The molecule has 0 N–H and O–H groups in total. The van der Waals surface area contributed by atoms with Gasteiger partial charge in [0.15, 0.2) is 0 Å². The van der Waals surface area contributed by atoms with Crippen LogP contribution in [-0.4, -0.2) is 24.1 Å². The standard InChI is InChI=1S/C45H29N5/c1-3-13-30(14-4-1)39-21-12-22-40(48-39)32-16-11-15-31(25-32)33-28-46-45(47-29-33)50-42-24-10-8-20-36(42)38-26-37-35-19-7-9-23-41(35)49(43(37)27-44(38)50)34-17-5-2-6-18-34/h1-29H. The molecule has 0 aliphatic heterocycles. The summed E-state index contributed by atoms with van der Waals surface area (Å²) in [6, 6.07) is 57.3. The van der Waals surface area contributed by atoms with Crippen LogP contribution in [0.15, 0.2) is 176 Å². The van der Waals surface area contributed by atoms with E-state index < -0.39 is 0 Å². The van der Waals surface area contributed by atoms with Gasteiger partial charge in [-0.3, -0.25) is 4.57 Å². The van der Waals surface area contributed by atoms with Gasteiger partial charge in [0, 0.05) is 56.3 Å². The Morgan fingerprint density at radius 2 is 0.880 bits per heavy atom. The maximum atomic E-state index is 4.99. The zero-order valence-electron chi connectivity index (χ0n) is 27.0. The molecule has 0 aliphatic carbocycles. The summed E-state index contributed by atoms with van der Waals surface area (Å²) in [7, 11) is 0. The van der Waals surface area contributed by atoms with E-state index in [0.29, 0.717) is 5.95 Å². The SMILES string of the molecule is c1ccc(-c2cccc(-c3cccc(-c4cnc(-n5c6ccccc6c6cc7c8ccccc8n(-c8ccccc8)c7cc65)nc4)c3)n2)cc1. The Morgan fingerprint density at radius 3 is 1.60 bits per heavy atom. The van der Waals surface area contributed by atoms with E-state index in [1.165, 1.54) is 27.1 Å². The van der Waals surface area contributed by atoms with Crippen LogP contribution in [0.4, 0.5) is 0 Å². The molecule has 0 saturated heterocycles. The Hall–Kier alpha value is -6.85. The first-order valence-electron chi connectivity index (χ1n) is 16.8. The first-order chi connectivity index (χ1) is 24.8. The molecule has 0 fully saturated rings. The lowest BCUT2D eigenvalue weighted by atomic mass is 10.0. The van der Waals surface area contributed by atoms with Crippen LogP contribution in [0.2, 0.25) is 0 Å². The molecule has 5 nitrogen and oxygen atoms in total. The average molecular weight is 640 g/mol. The van der Waals surface area contributed by atoms with Crippen molar-refractivity contribution in [1.82, 2.24) is 24.1 Å². The summed E-state index contributed by atoms with van der Waals surface area (Å²) in [6.07, 6.45) is 3.85. The van der Waals surface area contributed by atoms with Crippen LogP contribution in [0.1, 0.15) is 0 Å². The highest BCUT2D eigenvalue weighted by molar-refractivity contribution is 6.19. The third kappa shape index (κ3) is 4.52. The molecule has 10 rings (SSSR count). The third-order valence-corrected chi connectivity index (χ3v) is 9.63. The molecule has 6 aromatic carbocycles. The van der Waals surface area contributed by atoms with Gasteiger partial charge in [-0.05, 0) is 60.2 Å². The number of hydrogen-bond donors (Lipinski definition) is 0. The van der Waals surface area contributed by atoms with E-state index >= 15 is 0 Å². The maximum Gasteiger partial charge on any atom is 0.234 e. The number of fused-ring (bicyclic) bond motifs is 6. The van der Waals surface area contributed by atoms with E-state index in [4.69, 9.17) is 15.0 Å². The molecule has 0 bridgehead atoms. The second-order valence-corrected chi connectivity index (χ2v) is 12.6. The normalized spacial score (nSPS) is 11.6. The fourth-order valence-corrected chi connectivity index (χ4v) is 7.31. The van der Waals surface area contributed by atoms with Gasteiger partial charge in [-0.2, -0.15) is 0 Å². The smallest absolute Gasteiger partial charge is 0.234 e. The number of para-hydroxylation sites is 3. The van der Waals surface area contributed by atoms with E-state index in [9.17, 15) is 0 Å². The van der Waals surface area contributed by atoms with Crippen LogP contribution in [-0.2, 0) is 0 Å². The largest absolute Gasteiger partial charge is 0.309 e. The molecule has 0 spiro atoms. The summed E-state index contributed by atoms with van der Waals surface area (Å²) in [4.78, 5) is 15.0. The second-order valence-electron chi connectivity index (χ2n) is 12.6. The highest BCUT2D eigenvalue weighted by Crippen LogP contribution is 2.39. The molecule has 4 aromatic heterocycles. The molecule has 0 amide bonds. The monoisotopic (exact) mass is 639 g/mol. The van der Waals surface area contributed by atoms with Crippen molar-refractivity contribution in [2.45, 2.75) is 0 Å². The van der Waals surface area contributed by atoms with Gasteiger partial charge >= 0.3 is 0 Å². The van der Waals surface area contributed by atoms with Crippen molar-refractivity contribution in [3.63, 3.8) is 0 Å². The maximum absolute atomic E-state index is 4.99. The highest BCUT2D eigenvalue weighted by Gasteiger charge is 2.19. The summed E-state index contributed by atoms with van der Waals surface area (Å²) >= 11 is 0. The quantitative estimate of drug-likeness (QED) is 0.188. The molecule has 50 heavy (non-hydrogen) atoms. The molecule has 4 heterocycles. The van der Waals surface area contributed by atoms with Gasteiger partial charge in [0.25, 0.3) is 0 Å². The Morgan fingerprint density at radius 1 is 0.340 bits per heavy atom. The highest BCUT2D eigenvalue weighted by atomic mass is 15.2. The van der Waals surface area contributed by atoms with Crippen molar-refractivity contribution in [3.8, 4) is 45.3 Å². The van der Waals surface area contributed by atoms with Crippen LogP contribution < -0.4 is 0 Å². The van der Waals surface area contributed by atoms with Gasteiger partial charge < -0.3 is 4.57 Å². The zero-order valence-corrected chi connectivity index (χ0v) is 27.0. The van der Waals surface area contributed by atoms with Crippen LogP contribution in [0.5, 0.6) is 0 Å². The minimum atomic E-state index is 0.634. The molecule has 0 radical (unpaired) electrons. The molecular weight excluding hydrogens is 611 g/mol. The van der Waals surface area contributed by atoms with Crippen molar-refractivity contribution in [3.05, 3.63) is 176 Å². The van der Waals surface area contributed by atoms with E-state index in [0.717, 1.165) is 55.9 Å². The number of pyridine rings is 1. The van der Waals surface area contributed by atoms with Crippen LogP contribution in [0.25, 0.3) is 88.9 Å². The zero-order chi connectivity index (χ0) is 33.0. The van der Waals surface area contributed by atoms with Crippen molar-refractivity contribution in [2.24, 2.45) is 0 Å². The summed E-state index contributed by atoms with van der Waals surface area (Å²) in [5, 5.41) is 4.80. The Kier molecular flexibility index (Phi) is 6.42. The lowest BCUT2D eigenvalue weighted by Gasteiger charge is -2.10. The van der Waals surface area contributed by atoms with Gasteiger partial charge in [0.1, 0.15) is 0 Å². The third-order valence-electron chi connectivity index (χ3n) is 9.63. The predicted octanol–water partition coefficient (Wildman–Crippen LogP) is 11.1. The van der Waals surface area contributed by atoms with Gasteiger partial charge in [0.2, 0.25) is 5.95 Å². The Bertz CT molecular complexity index is 2850. The second kappa shape index (κ2) is 11.4. The molecule has 5 heteroatoms. The minimum absolute atomic E-state index is 0.634. The summed E-state index contributed by atoms with van der Waals surface area (Å²) in [5.74, 6) is 0.634. The lowest BCUT2D eigenvalue weighted by Crippen LogP contribution is -2.01. The van der Waals surface area contributed by atoms with Gasteiger partial charge in [-0.15, -0.1) is 0 Å². The number of nitrogens with zero attached hydrogens (tertiary/aromatic N) is 5. The Balaban J connectivity index is 1.10. The van der Waals surface area contributed by atoms with E-state index in [1.54, 1.807) is 0 Å². The van der Waals surface area contributed by atoms with E-state index in [2.05, 4.69) is 155 Å². The number of benzene rings is 6.